The van der Waals surface area contributed by atoms with Gasteiger partial charge in [0.15, 0.2) is 0 Å². The SMILES string of the molecule is C=CCn1cnc2sc(C)c(-c3ccccc3)c2c1=O. The van der Waals surface area contributed by atoms with Crippen LogP contribution in [0.25, 0.3) is 21.3 Å². The van der Waals surface area contributed by atoms with E-state index in [1.807, 2.05) is 37.3 Å². The Morgan fingerprint density at radius 2 is 2.10 bits per heavy atom. The lowest BCUT2D eigenvalue weighted by Gasteiger charge is -2.04. The van der Waals surface area contributed by atoms with Crippen LogP contribution in [0.5, 0.6) is 0 Å². The molecule has 0 amide bonds. The lowest BCUT2D eigenvalue weighted by Crippen LogP contribution is -2.19. The molecule has 2 aromatic heterocycles. The summed E-state index contributed by atoms with van der Waals surface area (Å²) in [5.74, 6) is 0. The fourth-order valence-corrected chi connectivity index (χ4v) is 3.36. The molecule has 0 radical (unpaired) electrons. The van der Waals surface area contributed by atoms with Crippen molar-refractivity contribution in [3.63, 3.8) is 0 Å². The summed E-state index contributed by atoms with van der Waals surface area (Å²) in [6.45, 7) is 6.19. The molecule has 0 fully saturated rings. The van der Waals surface area contributed by atoms with Crippen molar-refractivity contribution in [2.75, 3.05) is 0 Å². The number of rotatable bonds is 3. The van der Waals surface area contributed by atoms with Crippen molar-refractivity contribution in [3.8, 4) is 11.1 Å². The molecule has 3 rings (SSSR count). The van der Waals surface area contributed by atoms with Crippen LogP contribution in [0.3, 0.4) is 0 Å². The summed E-state index contributed by atoms with van der Waals surface area (Å²) in [6.07, 6.45) is 3.30. The van der Waals surface area contributed by atoms with Crippen LogP contribution in [0, 0.1) is 6.92 Å². The minimum absolute atomic E-state index is 0.00176. The number of fused-ring (bicyclic) bond motifs is 1. The van der Waals surface area contributed by atoms with E-state index in [0.29, 0.717) is 11.9 Å². The molecule has 0 atom stereocenters. The number of aromatic nitrogens is 2. The van der Waals surface area contributed by atoms with Crippen LogP contribution >= 0.6 is 11.3 Å². The third-order valence-corrected chi connectivity index (χ3v) is 4.26. The van der Waals surface area contributed by atoms with Crippen LogP contribution < -0.4 is 5.56 Å². The molecule has 3 aromatic rings. The van der Waals surface area contributed by atoms with Gasteiger partial charge in [-0.15, -0.1) is 17.9 Å². The number of hydrogen-bond donors (Lipinski definition) is 0. The smallest absolute Gasteiger partial charge is 0.263 e. The number of aryl methyl sites for hydroxylation is 1. The molecule has 0 aliphatic rings. The Morgan fingerprint density at radius 3 is 2.80 bits per heavy atom. The minimum atomic E-state index is -0.00176. The van der Waals surface area contributed by atoms with Gasteiger partial charge in [0.1, 0.15) is 4.83 Å². The van der Waals surface area contributed by atoms with Gasteiger partial charge in [-0.3, -0.25) is 9.36 Å². The summed E-state index contributed by atoms with van der Waals surface area (Å²) in [6, 6.07) is 9.99. The minimum Gasteiger partial charge on any atom is -0.295 e. The van der Waals surface area contributed by atoms with E-state index >= 15 is 0 Å². The molecule has 0 N–H and O–H groups in total. The summed E-state index contributed by atoms with van der Waals surface area (Å²) in [5, 5.41) is 0.711. The lowest BCUT2D eigenvalue weighted by atomic mass is 10.0. The van der Waals surface area contributed by atoms with E-state index in [0.717, 1.165) is 20.8 Å². The summed E-state index contributed by atoms with van der Waals surface area (Å²) >= 11 is 1.56. The van der Waals surface area contributed by atoms with Gasteiger partial charge in [0.25, 0.3) is 5.56 Å². The maximum absolute atomic E-state index is 12.6. The lowest BCUT2D eigenvalue weighted by molar-refractivity contribution is 0.769. The Balaban J connectivity index is 2.37. The van der Waals surface area contributed by atoms with E-state index in [-0.39, 0.29) is 5.56 Å². The molecule has 4 heteroatoms. The topological polar surface area (TPSA) is 34.9 Å². The molecule has 0 unspecified atom stereocenters. The second kappa shape index (κ2) is 5.06. The van der Waals surface area contributed by atoms with E-state index in [1.54, 1.807) is 28.3 Å². The number of hydrogen-bond acceptors (Lipinski definition) is 3. The fourth-order valence-electron chi connectivity index (χ4n) is 2.36. The largest absolute Gasteiger partial charge is 0.295 e. The van der Waals surface area contributed by atoms with Crippen LogP contribution in [0.4, 0.5) is 0 Å². The first-order valence-electron chi connectivity index (χ1n) is 6.37. The van der Waals surface area contributed by atoms with Crippen molar-refractivity contribution < 1.29 is 0 Å². The molecule has 20 heavy (non-hydrogen) atoms. The highest BCUT2D eigenvalue weighted by atomic mass is 32.1. The molecule has 1 aromatic carbocycles. The fraction of sp³-hybridized carbons (Fsp3) is 0.125. The van der Waals surface area contributed by atoms with E-state index in [2.05, 4.69) is 11.6 Å². The van der Waals surface area contributed by atoms with Crippen LogP contribution in [0.1, 0.15) is 4.88 Å². The summed E-state index contributed by atoms with van der Waals surface area (Å²) in [7, 11) is 0. The van der Waals surface area contributed by atoms with Gasteiger partial charge < -0.3 is 0 Å². The van der Waals surface area contributed by atoms with E-state index < -0.39 is 0 Å². The molecule has 0 saturated carbocycles. The number of allylic oxidation sites excluding steroid dienone is 1. The normalized spacial score (nSPS) is 10.8. The van der Waals surface area contributed by atoms with Crippen LogP contribution in [0.15, 0.2) is 54.1 Å². The van der Waals surface area contributed by atoms with Crippen molar-refractivity contribution in [1.29, 1.82) is 0 Å². The van der Waals surface area contributed by atoms with Crippen molar-refractivity contribution in [2.45, 2.75) is 13.5 Å². The van der Waals surface area contributed by atoms with Crippen molar-refractivity contribution in [1.82, 2.24) is 9.55 Å². The first kappa shape index (κ1) is 12.8. The number of nitrogens with zero attached hydrogens (tertiary/aromatic N) is 2. The molecule has 0 saturated heterocycles. The van der Waals surface area contributed by atoms with Crippen LogP contribution in [0.2, 0.25) is 0 Å². The predicted molar refractivity (Wildman–Crippen MR) is 84.3 cm³/mol. The third-order valence-electron chi connectivity index (χ3n) is 3.24. The molecule has 0 aliphatic carbocycles. The first-order valence-corrected chi connectivity index (χ1v) is 7.19. The second-order valence-corrected chi connectivity index (χ2v) is 5.77. The average Bonchev–Trinajstić information content (AvgIpc) is 2.80. The van der Waals surface area contributed by atoms with Gasteiger partial charge >= 0.3 is 0 Å². The Kier molecular flexibility index (Phi) is 3.24. The number of thiophene rings is 1. The zero-order valence-electron chi connectivity index (χ0n) is 11.2. The van der Waals surface area contributed by atoms with Gasteiger partial charge in [-0.05, 0) is 12.5 Å². The molecular formula is C16H14N2OS. The second-order valence-electron chi connectivity index (χ2n) is 4.57. The van der Waals surface area contributed by atoms with Crippen molar-refractivity contribution in [3.05, 3.63) is 64.5 Å². The zero-order chi connectivity index (χ0) is 14.1. The highest BCUT2D eigenvalue weighted by Gasteiger charge is 2.16. The van der Waals surface area contributed by atoms with E-state index in [4.69, 9.17) is 0 Å². The van der Waals surface area contributed by atoms with Gasteiger partial charge in [-0.1, -0.05) is 36.4 Å². The number of benzene rings is 1. The molecular weight excluding hydrogens is 268 g/mol. The van der Waals surface area contributed by atoms with Gasteiger partial charge in [-0.2, -0.15) is 0 Å². The van der Waals surface area contributed by atoms with E-state index in [1.165, 1.54) is 0 Å². The highest BCUT2D eigenvalue weighted by Crippen LogP contribution is 2.35. The maximum Gasteiger partial charge on any atom is 0.263 e. The van der Waals surface area contributed by atoms with Gasteiger partial charge in [0, 0.05) is 17.0 Å². The molecule has 0 aliphatic heterocycles. The van der Waals surface area contributed by atoms with Gasteiger partial charge in [0.05, 0.1) is 11.7 Å². The Hall–Kier alpha value is -2.20. The Morgan fingerprint density at radius 1 is 1.35 bits per heavy atom. The van der Waals surface area contributed by atoms with Crippen LogP contribution in [-0.2, 0) is 6.54 Å². The standard InChI is InChI=1S/C16H14N2OS/c1-3-9-18-10-17-15-14(16(18)19)13(11(2)20-15)12-7-5-4-6-8-12/h3-8,10H,1,9H2,2H3. The Bertz CT molecular complexity index is 831. The monoisotopic (exact) mass is 282 g/mol. The summed E-state index contributed by atoms with van der Waals surface area (Å²) < 4.78 is 1.59. The maximum atomic E-state index is 12.6. The van der Waals surface area contributed by atoms with Gasteiger partial charge in [0.2, 0.25) is 0 Å². The Labute approximate surface area is 120 Å². The molecule has 0 spiro atoms. The third kappa shape index (κ3) is 1.98. The molecule has 100 valence electrons. The molecule has 2 heterocycles. The first-order chi connectivity index (χ1) is 9.72. The van der Waals surface area contributed by atoms with Crippen molar-refractivity contribution >= 4 is 21.6 Å². The predicted octanol–water partition coefficient (Wildman–Crippen LogP) is 3.62. The van der Waals surface area contributed by atoms with Crippen LogP contribution in [-0.4, -0.2) is 9.55 Å². The average molecular weight is 282 g/mol. The molecule has 0 bridgehead atoms. The quantitative estimate of drug-likeness (QED) is 0.688. The van der Waals surface area contributed by atoms with Crippen molar-refractivity contribution in [2.24, 2.45) is 0 Å². The highest BCUT2D eigenvalue weighted by molar-refractivity contribution is 7.19. The van der Waals surface area contributed by atoms with E-state index in [9.17, 15) is 4.79 Å². The summed E-state index contributed by atoms with van der Waals surface area (Å²) in [5.41, 5.74) is 2.06. The molecule has 3 nitrogen and oxygen atoms in total. The summed E-state index contributed by atoms with van der Waals surface area (Å²) in [4.78, 5) is 18.9. The zero-order valence-corrected chi connectivity index (χ0v) is 12.0. The van der Waals surface area contributed by atoms with Gasteiger partial charge in [-0.25, -0.2) is 4.98 Å².